The molecule has 10 atom stereocenters. The number of hydrogen-bond acceptors (Lipinski definition) is 6. The Balaban J connectivity index is 0.000000295. The number of carbonyl (C=O) groups is 1. The molecule has 0 bridgehead atoms. The lowest BCUT2D eigenvalue weighted by Gasteiger charge is -2.61. The molecule has 1 heterocycles. The lowest BCUT2D eigenvalue weighted by atomic mass is 9.44. The second kappa shape index (κ2) is 16.7. The van der Waals surface area contributed by atoms with Crippen LogP contribution in [-0.2, 0) is 10.1 Å². The van der Waals surface area contributed by atoms with Gasteiger partial charge in [-0.25, -0.2) is 4.79 Å². The molecule has 46 heavy (non-hydrogen) atoms. The fourth-order valence-corrected chi connectivity index (χ4v) is 10.8. The summed E-state index contributed by atoms with van der Waals surface area (Å²) in [5.41, 5.74) is 6.13. The monoisotopic (exact) mass is 664 g/mol. The molecule has 5 N–H and O–H groups in total. The number of carboxylic acids is 1. The molecule has 0 unspecified atom stereocenters. The van der Waals surface area contributed by atoms with Gasteiger partial charge in [-0.05, 0) is 135 Å². The van der Waals surface area contributed by atoms with Crippen LogP contribution in [0.5, 0.6) is 0 Å². The number of fused-ring (bicyclic) bond motifs is 5. The topological polar surface area (TPSA) is 151 Å². The summed E-state index contributed by atoms with van der Waals surface area (Å²) in [6.07, 6.45) is 19.4. The number of nitrogens with two attached hydrogens (primary N) is 1. The van der Waals surface area contributed by atoms with Gasteiger partial charge in [0.15, 0.2) is 0 Å². The van der Waals surface area contributed by atoms with Gasteiger partial charge in [0, 0.05) is 18.9 Å². The van der Waals surface area contributed by atoms with Crippen molar-refractivity contribution in [3.05, 3.63) is 30.1 Å². The Morgan fingerprint density at radius 3 is 2.22 bits per heavy atom. The van der Waals surface area contributed by atoms with Gasteiger partial charge in [0.2, 0.25) is 0 Å². The summed E-state index contributed by atoms with van der Waals surface area (Å²) >= 11 is 0. The fraction of sp³-hybridized carbons (Fsp3) is 0.838. The minimum absolute atomic E-state index is 0.0111. The minimum atomic E-state index is -3.80. The number of aliphatic hydroxyl groups is 1. The van der Waals surface area contributed by atoms with E-state index in [1.807, 2.05) is 0 Å². The van der Waals surface area contributed by atoms with Crippen molar-refractivity contribution in [3.63, 3.8) is 0 Å². The standard InChI is InChI=1S/C29H52O.C6H5NO2.C2H7NO3S/c1-7-21(19(2)3)9-8-20(4)25-12-13-26-24-11-10-22-18-23(30)14-16-28(22,5)27(24)15-17-29(25,26)6;8-6(9)5-2-1-3-7-4-5;3-1-2-7(4,5)6/h19-27,30H,7-18H2,1-6H3;1-4H,(H,8,9);1-3H2,(H,4,5,6)/t20-,21-,22+,23+,24+,25-,26+,27+,28+,29-;;/m1../s1. The van der Waals surface area contributed by atoms with E-state index < -0.39 is 16.1 Å². The van der Waals surface area contributed by atoms with E-state index >= 15 is 0 Å². The molecular weight excluding hydrogens is 600 g/mol. The molecule has 5 rings (SSSR count). The highest BCUT2D eigenvalue weighted by molar-refractivity contribution is 7.85. The maximum atomic E-state index is 10.3. The Kier molecular flexibility index (Phi) is 14.1. The minimum Gasteiger partial charge on any atom is -0.478 e. The molecule has 8 nitrogen and oxygen atoms in total. The van der Waals surface area contributed by atoms with E-state index in [0.717, 1.165) is 60.2 Å². The van der Waals surface area contributed by atoms with Crippen LogP contribution in [0.15, 0.2) is 24.5 Å². The summed E-state index contributed by atoms with van der Waals surface area (Å²) in [4.78, 5) is 13.8. The van der Waals surface area contributed by atoms with E-state index in [0.29, 0.717) is 10.8 Å². The van der Waals surface area contributed by atoms with Crippen molar-refractivity contribution in [2.45, 2.75) is 125 Å². The molecular formula is C37H64N2O6S. The molecule has 4 fully saturated rings. The van der Waals surface area contributed by atoms with Crippen LogP contribution in [0.4, 0.5) is 0 Å². The number of rotatable bonds is 9. The van der Waals surface area contributed by atoms with E-state index in [-0.39, 0.29) is 24.0 Å². The van der Waals surface area contributed by atoms with E-state index in [9.17, 15) is 18.3 Å². The predicted octanol–water partition coefficient (Wildman–Crippen LogP) is 7.72. The Bertz CT molecular complexity index is 1200. The number of carboxylic acid groups (broad SMARTS) is 1. The number of nitrogens with zero attached hydrogens (tertiary/aromatic N) is 1. The van der Waals surface area contributed by atoms with Gasteiger partial charge in [-0.15, -0.1) is 0 Å². The number of aliphatic hydroxyl groups excluding tert-OH is 1. The van der Waals surface area contributed by atoms with Gasteiger partial charge in [0.25, 0.3) is 10.1 Å². The third-order valence-corrected chi connectivity index (χ3v) is 13.9. The third-order valence-electron chi connectivity index (χ3n) is 13.1. The van der Waals surface area contributed by atoms with Gasteiger partial charge in [-0.3, -0.25) is 9.54 Å². The molecule has 0 spiro atoms. The average Bonchev–Trinajstić information content (AvgIpc) is 3.35. The molecule has 1 aromatic heterocycles. The van der Waals surface area contributed by atoms with Gasteiger partial charge in [0.05, 0.1) is 17.4 Å². The zero-order valence-corrected chi connectivity index (χ0v) is 30.2. The summed E-state index contributed by atoms with van der Waals surface area (Å²) in [5.74, 6) is 6.05. The quantitative estimate of drug-likeness (QED) is 0.196. The zero-order valence-electron chi connectivity index (χ0n) is 29.4. The van der Waals surface area contributed by atoms with Crippen molar-refractivity contribution in [3.8, 4) is 0 Å². The van der Waals surface area contributed by atoms with Crippen molar-refractivity contribution in [2.75, 3.05) is 12.3 Å². The lowest BCUT2D eigenvalue weighted by Crippen LogP contribution is -2.54. The summed E-state index contributed by atoms with van der Waals surface area (Å²) in [6, 6.07) is 3.08. The zero-order chi connectivity index (χ0) is 34.3. The molecule has 4 aliphatic carbocycles. The first-order chi connectivity index (χ1) is 21.6. The maximum absolute atomic E-state index is 10.3. The SMILES string of the molecule is CC[C@H](CC[C@@H](C)[C@H]1CC[C@H]2[C@@H]3CC[C@H]4C[C@@H](O)CC[C@]4(C)[C@H]3CC[C@]12C)C(C)C.NCCS(=O)(=O)O.O=C(O)c1cccnc1. The van der Waals surface area contributed by atoms with Crippen LogP contribution in [0.1, 0.15) is 129 Å². The van der Waals surface area contributed by atoms with E-state index in [1.54, 1.807) is 6.07 Å². The first-order valence-corrected chi connectivity index (χ1v) is 19.6. The highest BCUT2D eigenvalue weighted by Crippen LogP contribution is 2.68. The van der Waals surface area contributed by atoms with Crippen LogP contribution in [0.3, 0.4) is 0 Å². The van der Waals surface area contributed by atoms with Crippen molar-refractivity contribution in [1.82, 2.24) is 4.98 Å². The second-order valence-corrected chi connectivity index (χ2v) is 17.5. The molecule has 4 aliphatic rings. The largest absolute Gasteiger partial charge is 0.478 e. The van der Waals surface area contributed by atoms with Gasteiger partial charge in [0.1, 0.15) is 0 Å². The van der Waals surface area contributed by atoms with Crippen molar-refractivity contribution in [1.29, 1.82) is 0 Å². The van der Waals surface area contributed by atoms with Gasteiger partial charge in [-0.1, -0.05) is 54.4 Å². The average molecular weight is 665 g/mol. The molecule has 0 saturated heterocycles. The van der Waals surface area contributed by atoms with Crippen LogP contribution < -0.4 is 5.73 Å². The summed E-state index contributed by atoms with van der Waals surface area (Å²) in [5, 5.41) is 18.6. The van der Waals surface area contributed by atoms with E-state index in [4.69, 9.17) is 15.4 Å². The summed E-state index contributed by atoms with van der Waals surface area (Å²) in [6.45, 7) is 15.2. The van der Waals surface area contributed by atoms with Crippen LogP contribution in [0.25, 0.3) is 0 Å². The second-order valence-electron chi connectivity index (χ2n) is 15.9. The summed E-state index contributed by atoms with van der Waals surface area (Å²) < 4.78 is 27.3. The molecule has 0 aromatic carbocycles. The lowest BCUT2D eigenvalue weighted by molar-refractivity contribution is -0.129. The highest BCUT2D eigenvalue weighted by atomic mass is 32.2. The third kappa shape index (κ3) is 9.54. The molecule has 0 aliphatic heterocycles. The molecule has 4 saturated carbocycles. The maximum Gasteiger partial charge on any atom is 0.337 e. The van der Waals surface area contributed by atoms with Gasteiger partial charge >= 0.3 is 5.97 Å². The molecule has 1 aromatic rings. The normalized spacial score (nSPS) is 34.8. The van der Waals surface area contributed by atoms with Crippen LogP contribution in [0, 0.1) is 58.2 Å². The Hall–Kier alpha value is -1.55. The molecule has 0 amide bonds. The molecule has 264 valence electrons. The predicted molar refractivity (Wildman–Crippen MR) is 185 cm³/mol. The smallest absolute Gasteiger partial charge is 0.337 e. The highest BCUT2D eigenvalue weighted by Gasteiger charge is 2.60. The first kappa shape index (κ1) is 38.9. The van der Waals surface area contributed by atoms with E-state index in [1.165, 1.54) is 82.7 Å². The van der Waals surface area contributed by atoms with Crippen LogP contribution in [-0.4, -0.2) is 52.5 Å². The number of pyridine rings is 1. The number of aromatic nitrogens is 1. The number of hydrogen-bond donors (Lipinski definition) is 4. The first-order valence-electron chi connectivity index (χ1n) is 18.0. The Morgan fingerprint density at radius 2 is 1.70 bits per heavy atom. The van der Waals surface area contributed by atoms with E-state index in [2.05, 4.69) is 46.5 Å². The van der Waals surface area contributed by atoms with Gasteiger partial charge in [-0.2, -0.15) is 8.42 Å². The van der Waals surface area contributed by atoms with Gasteiger partial charge < -0.3 is 15.9 Å². The summed E-state index contributed by atoms with van der Waals surface area (Å²) in [7, 11) is -3.80. The van der Waals surface area contributed by atoms with Crippen LogP contribution in [0.2, 0.25) is 0 Å². The van der Waals surface area contributed by atoms with Crippen molar-refractivity contribution in [2.24, 2.45) is 63.9 Å². The molecule has 9 heteroatoms. The Morgan fingerprint density at radius 1 is 1.02 bits per heavy atom. The molecule has 0 radical (unpaired) electrons. The Labute approximate surface area is 279 Å². The van der Waals surface area contributed by atoms with Crippen molar-refractivity contribution < 1.29 is 28.0 Å². The fourth-order valence-electron chi connectivity index (χ4n) is 10.5. The van der Waals surface area contributed by atoms with Crippen LogP contribution >= 0.6 is 0 Å². The van der Waals surface area contributed by atoms with Crippen molar-refractivity contribution >= 4 is 16.1 Å². The number of aromatic carboxylic acids is 1.